The molecule has 9 heteroatoms. The molecule has 0 aliphatic carbocycles. The fraction of sp³-hybridized carbons (Fsp3) is 0.721. The fourth-order valence-corrected chi connectivity index (χ4v) is 9.41. The predicted molar refractivity (Wildman–Crippen MR) is 327 cm³/mol. The molecule has 1 aliphatic rings. The van der Waals surface area contributed by atoms with Gasteiger partial charge in [-0.2, -0.15) is 0 Å². The van der Waals surface area contributed by atoms with Crippen molar-refractivity contribution in [1.82, 2.24) is 5.32 Å². The number of nitrogens with one attached hydrogen (secondary N) is 1. The van der Waals surface area contributed by atoms with Gasteiger partial charge in [0.2, 0.25) is 5.91 Å². The SMILES string of the molecule is CC/C=C\C/C=C\C/C=C\C/C=C\C/C=C\C/C=C\C/C=C\C/C=C\CCCCCCCCCCCCCCCCCCC(=O)NC(COC1OC(CO)C(O)C(O)C1O)C(O)/C=C/CCCCCCCCCCCCC. The van der Waals surface area contributed by atoms with Crippen LogP contribution in [0.4, 0.5) is 0 Å². The lowest BCUT2D eigenvalue weighted by Gasteiger charge is -2.40. The number of aliphatic hydroxyl groups is 5. The summed E-state index contributed by atoms with van der Waals surface area (Å²) >= 11 is 0. The molecule has 1 amide bonds. The summed E-state index contributed by atoms with van der Waals surface area (Å²) in [5.41, 5.74) is 0. The van der Waals surface area contributed by atoms with Crippen LogP contribution in [0.25, 0.3) is 0 Å². The highest BCUT2D eigenvalue weighted by Gasteiger charge is 2.44. The molecule has 0 aromatic heterocycles. The molecule has 77 heavy (non-hydrogen) atoms. The molecule has 9 nitrogen and oxygen atoms in total. The summed E-state index contributed by atoms with van der Waals surface area (Å²) in [5.74, 6) is -0.179. The molecule has 1 fully saturated rings. The summed E-state index contributed by atoms with van der Waals surface area (Å²) in [5, 5.41) is 54.5. The van der Waals surface area contributed by atoms with Gasteiger partial charge in [0, 0.05) is 6.42 Å². The highest BCUT2D eigenvalue weighted by molar-refractivity contribution is 5.76. The molecule has 0 bridgehead atoms. The van der Waals surface area contributed by atoms with Gasteiger partial charge < -0.3 is 40.3 Å². The number of rotatable bonds is 53. The van der Waals surface area contributed by atoms with Crippen LogP contribution >= 0.6 is 0 Å². The molecule has 0 spiro atoms. The number of unbranched alkanes of at least 4 members (excludes halogenated alkanes) is 27. The van der Waals surface area contributed by atoms with Gasteiger partial charge in [-0.15, -0.1) is 0 Å². The number of carbonyl (C=O) groups is 1. The Morgan fingerprint density at radius 3 is 1.19 bits per heavy atom. The lowest BCUT2D eigenvalue weighted by molar-refractivity contribution is -0.302. The third kappa shape index (κ3) is 45.3. The third-order valence-corrected chi connectivity index (χ3v) is 14.4. The Balaban J connectivity index is 2.08. The molecule has 6 N–H and O–H groups in total. The molecule has 442 valence electrons. The van der Waals surface area contributed by atoms with Gasteiger partial charge in [0.25, 0.3) is 0 Å². The number of hydrogen-bond donors (Lipinski definition) is 6. The Hall–Kier alpha value is -3.15. The van der Waals surface area contributed by atoms with E-state index in [1.165, 1.54) is 148 Å². The van der Waals surface area contributed by atoms with E-state index in [1.807, 2.05) is 6.08 Å². The molecular formula is C68H117NO8. The Morgan fingerprint density at radius 2 is 0.805 bits per heavy atom. The second kappa shape index (κ2) is 56.1. The normalized spacial score (nSPS) is 19.5. The van der Waals surface area contributed by atoms with E-state index in [0.717, 1.165) is 89.9 Å². The Labute approximate surface area is 472 Å². The zero-order chi connectivity index (χ0) is 55.8. The first kappa shape index (κ1) is 71.9. The summed E-state index contributed by atoms with van der Waals surface area (Å²) in [6.45, 7) is 3.66. The van der Waals surface area contributed by atoms with E-state index in [9.17, 15) is 30.3 Å². The summed E-state index contributed by atoms with van der Waals surface area (Å²) in [7, 11) is 0. The summed E-state index contributed by atoms with van der Waals surface area (Å²) < 4.78 is 11.3. The van der Waals surface area contributed by atoms with Crippen molar-refractivity contribution in [2.45, 2.75) is 301 Å². The lowest BCUT2D eigenvalue weighted by Crippen LogP contribution is -2.60. The molecule has 1 aliphatic heterocycles. The van der Waals surface area contributed by atoms with Gasteiger partial charge in [-0.1, -0.05) is 277 Å². The van der Waals surface area contributed by atoms with Crippen LogP contribution in [0.15, 0.2) is 109 Å². The fourth-order valence-electron chi connectivity index (χ4n) is 9.41. The van der Waals surface area contributed by atoms with Gasteiger partial charge >= 0.3 is 0 Å². The van der Waals surface area contributed by atoms with Gasteiger partial charge in [-0.3, -0.25) is 4.79 Å². The van der Waals surface area contributed by atoms with Crippen molar-refractivity contribution in [2.24, 2.45) is 0 Å². The topological polar surface area (TPSA) is 149 Å². The zero-order valence-corrected chi connectivity index (χ0v) is 49.2. The van der Waals surface area contributed by atoms with Gasteiger partial charge in [0.05, 0.1) is 25.4 Å². The zero-order valence-electron chi connectivity index (χ0n) is 49.2. The van der Waals surface area contributed by atoms with E-state index in [1.54, 1.807) is 6.08 Å². The number of hydrogen-bond acceptors (Lipinski definition) is 8. The molecule has 7 atom stereocenters. The summed E-state index contributed by atoms with van der Waals surface area (Å²) in [6, 6.07) is -0.808. The van der Waals surface area contributed by atoms with E-state index < -0.39 is 49.5 Å². The van der Waals surface area contributed by atoms with Crippen molar-refractivity contribution in [1.29, 1.82) is 0 Å². The first-order valence-electron chi connectivity index (χ1n) is 31.6. The number of ether oxygens (including phenoxy) is 2. The lowest BCUT2D eigenvalue weighted by atomic mass is 9.99. The van der Waals surface area contributed by atoms with Gasteiger partial charge in [0.15, 0.2) is 6.29 Å². The Bertz CT molecular complexity index is 1580. The van der Waals surface area contributed by atoms with Crippen LogP contribution < -0.4 is 5.32 Å². The van der Waals surface area contributed by atoms with Crippen LogP contribution in [-0.4, -0.2) is 87.5 Å². The van der Waals surface area contributed by atoms with Crippen LogP contribution in [0, 0.1) is 0 Å². The maximum absolute atomic E-state index is 13.1. The third-order valence-electron chi connectivity index (χ3n) is 14.4. The minimum absolute atomic E-state index is 0.179. The molecule has 1 rings (SSSR count). The first-order valence-corrected chi connectivity index (χ1v) is 31.6. The van der Waals surface area contributed by atoms with Crippen molar-refractivity contribution < 1.29 is 39.8 Å². The Kier molecular flexibility index (Phi) is 52.4. The second-order valence-electron chi connectivity index (χ2n) is 21.5. The van der Waals surface area contributed by atoms with Crippen LogP contribution in [0.2, 0.25) is 0 Å². The molecule has 0 aromatic carbocycles. The van der Waals surface area contributed by atoms with Crippen LogP contribution in [0.3, 0.4) is 0 Å². The second-order valence-corrected chi connectivity index (χ2v) is 21.5. The van der Waals surface area contributed by atoms with Crippen molar-refractivity contribution >= 4 is 5.91 Å². The van der Waals surface area contributed by atoms with Gasteiger partial charge in [-0.05, 0) is 83.5 Å². The smallest absolute Gasteiger partial charge is 0.220 e. The molecule has 1 saturated heterocycles. The summed E-state index contributed by atoms with van der Waals surface area (Å²) in [6.07, 6.45) is 76.1. The Morgan fingerprint density at radius 1 is 0.455 bits per heavy atom. The molecule has 0 aromatic rings. The highest BCUT2D eigenvalue weighted by atomic mass is 16.7. The molecule has 1 heterocycles. The number of amides is 1. The van der Waals surface area contributed by atoms with Crippen LogP contribution in [0.1, 0.15) is 258 Å². The number of aliphatic hydroxyl groups excluding tert-OH is 5. The van der Waals surface area contributed by atoms with E-state index >= 15 is 0 Å². The monoisotopic (exact) mass is 1080 g/mol. The quantitative estimate of drug-likeness (QED) is 0.0261. The maximum Gasteiger partial charge on any atom is 0.220 e. The van der Waals surface area contributed by atoms with E-state index in [4.69, 9.17) is 9.47 Å². The van der Waals surface area contributed by atoms with Crippen molar-refractivity contribution in [3.63, 3.8) is 0 Å². The van der Waals surface area contributed by atoms with Gasteiger partial charge in [0.1, 0.15) is 24.4 Å². The first-order chi connectivity index (χ1) is 37.8. The maximum atomic E-state index is 13.1. The van der Waals surface area contributed by atoms with Crippen molar-refractivity contribution in [3.8, 4) is 0 Å². The van der Waals surface area contributed by atoms with Gasteiger partial charge in [-0.25, -0.2) is 0 Å². The molecular weight excluding hydrogens is 959 g/mol. The predicted octanol–water partition coefficient (Wildman–Crippen LogP) is 16.5. The molecule has 0 saturated carbocycles. The number of allylic oxidation sites excluding steroid dienone is 17. The van der Waals surface area contributed by atoms with E-state index in [0.29, 0.717) is 6.42 Å². The minimum Gasteiger partial charge on any atom is -0.394 e. The van der Waals surface area contributed by atoms with E-state index in [2.05, 4.69) is 116 Å². The van der Waals surface area contributed by atoms with Crippen molar-refractivity contribution in [3.05, 3.63) is 109 Å². The number of carbonyl (C=O) groups excluding carboxylic acids is 1. The average Bonchev–Trinajstić information content (AvgIpc) is 3.43. The average molecular weight is 1080 g/mol. The van der Waals surface area contributed by atoms with Crippen molar-refractivity contribution in [2.75, 3.05) is 13.2 Å². The summed E-state index contributed by atoms with van der Waals surface area (Å²) in [4.78, 5) is 13.1. The van der Waals surface area contributed by atoms with Crippen LogP contribution in [-0.2, 0) is 14.3 Å². The molecule has 0 radical (unpaired) electrons. The molecule has 7 unspecified atom stereocenters. The highest BCUT2D eigenvalue weighted by Crippen LogP contribution is 2.23. The standard InChI is InChI=1S/C68H117NO8/c1-3-5-7-9-11-13-15-17-18-19-20-21-22-23-24-25-26-27-28-29-30-31-32-33-34-35-36-37-38-39-40-41-42-43-44-46-48-50-52-54-56-58-64(72)69-61(60-76-68-67(75)66(74)65(73)63(59-70)77-68)62(71)57-55-53-51-49-47-45-16-14-12-10-8-6-4-2/h5,7,11,13,17-18,20-21,23-24,26-27,29-30,32-33,55,57,61-63,65-68,70-71,73-75H,3-4,6,8-10,12,14-16,19,22,25,28,31,34-54,56,58-60H2,1-2H3,(H,69,72)/b7-5-,13-11-,18-17-,21-20-,24-23-,27-26-,30-29-,33-32-,57-55+. The van der Waals surface area contributed by atoms with Crippen LogP contribution in [0.5, 0.6) is 0 Å². The van der Waals surface area contributed by atoms with E-state index in [-0.39, 0.29) is 12.5 Å². The largest absolute Gasteiger partial charge is 0.394 e. The minimum atomic E-state index is -1.57.